The van der Waals surface area contributed by atoms with Crippen molar-refractivity contribution in [3.63, 3.8) is 0 Å². The smallest absolute Gasteiger partial charge is 0.0984 e. The Kier molecular flexibility index (Phi) is 6.06. The van der Waals surface area contributed by atoms with E-state index in [0.717, 1.165) is 4.48 Å². The third kappa shape index (κ3) is 3.51. The molecule has 13 heavy (non-hydrogen) atoms. The van der Waals surface area contributed by atoms with Gasteiger partial charge < -0.3 is 0 Å². The van der Waals surface area contributed by atoms with E-state index in [9.17, 15) is 0 Å². The van der Waals surface area contributed by atoms with Crippen molar-refractivity contribution < 1.29 is 4.48 Å². The van der Waals surface area contributed by atoms with Gasteiger partial charge in [0.1, 0.15) is 0 Å². The largest absolute Gasteiger partial charge is 0.295 e. The maximum Gasteiger partial charge on any atom is 0.0984 e. The maximum absolute atomic E-state index is 4.16. The van der Waals surface area contributed by atoms with Gasteiger partial charge in [-0.15, -0.1) is 0 Å². The summed E-state index contributed by atoms with van der Waals surface area (Å²) >= 11 is 0. The number of hydrogen-bond donors (Lipinski definition) is 0. The molecule has 78 valence electrons. The molecule has 0 spiro atoms. The van der Waals surface area contributed by atoms with Gasteiger partial charge in [0.2, 0.25) is 0 Å². The zero-order chi connectivity index (χ0) is 10.3. The highest BCUT2D eigenvalue weighted by atomic mass is 15.4. The average Bonchev–Trinajstić information content (AvgIpc) is 2.05. The van der Waals surface area contributed by atoms with Crippen LogP contribution in [0, 0.1) is 0 Å². The van der Waals surface area contributed by atoms with Gasteiger partial charge in [-0.05, 0) is 25.8 Å². The molecule has 0 aliphatic rings. The van der Waals surface area contributed by atoms with Crippen molar-refractivity contribution in [2.45, 2.75) is 47.0 Å². The second-order valence-corrected chi connectivity index (χ2v) is 4.05. The molecule has 1 nitrogen and oxygen atoms in total. The summed E-state index contributed by atoms with van der Waals surface area (Å²) in [4.78, 5) is 0. The number of nitrogens with zero attached hydrogens (tertiary/aromatic N) is 1. The molecule has 0 saturated heterocycles. The van der Waals surface area contributed by atoms with Crippen molar-refractivity contribution in [2.24, 2.45) is 0 Å². The molecule has 0 bridgehead atoms. The minimum Gasteiger partial charge on any atom is -0.295 e. The van der Waals surface area contributed by atoms with Crippen LogP contribution in [0.1, 0.15) is 47.0 Å². The summed E-state index contributed by atoms with van der Waals surface area (Å²) in [5, 5.41) is 0. The van der Waals surface area contributed by atoms with E-state index in [2.05, 4.69) is 34.3 Å². The van der Waals surface area contributed by atoms with Crippen LogP contribution >= 0.6 is 0 Å². The van der Waals surface area contributed by atoms with Gasteiger partial charge in [0.05, 0.1) is 25.3 Å². The maximum atomic E-state index is 4.16. The predicted molar refractivity (Wildman–Crippen MR) is 60.5 cm³/mol. The zero-order valence-electron chi connectivity index (χ0n) is 9.90. The van der Waals surface area contributed by atoms with E-state index in [1.165, 1.54) is 44.6 Å². The molecule has 0 atom stereocenters. The highest BCUT2D eigenvalue weighted by molar-refractivity contribution is 4.77. The Labute approximate surface area is 84.0 Å². The van der Waals surface area contributed by atoms with Crippen molar-refractivity contribution in [1.29, 1.82) is 0 Å². The lowest BCUT2D eigenvalue weighted by Gasteiger charge is -2.38. The Morgan fingerprint density at radius 2 is 1.23 bits per heavy atom. The first kappa shape index (κ1) is 12.7. The molecule has 0 aliphatic carbocycles. The molecule has 0 N–H and O–H groups in total. The van der Waals surface area contributed by atoms with Crippen molar-refractivity contribution in [1.82, 2.24) is 0 Å². The summed E-state index contributed by atoms with van der Waals surface area (Å²) in [7, 11) is 0. The number of rotatable bonds is 7. The van der Waals surface area contributed by atoms with E-state index in [-0.39, 0.29) is 0 Å². The molecule has 0 aromatic carbocycles. The summed E-state index contributed by atoms with van der Waals surface area (Å²) in [6.45, 7) is 16.9. The molecule has 1 heteroatoms. The zero-order valence-corrected chi connectivity index (χ0v) is 9.90. The van der Waals surface area contributed by atoms with Gasteiger partial charge in [0.25, 0.3) is 0 Å². The Bertz CT molecular complexity index is 132. The molecule has 0 rings (SSSR count). The fourth-order valence-corrected chi connectivity index (χ4v) is 2.19. The normalized spacial score (nSPS) is 11.7. The molecule has 0 heterocycles. The minimum atomic E-state index is 1.14. The van der Waals surface area contributed by atoms with Crippen LogP contribution in [0.5, 0.6) is 0 Å². The second kappa shape index (κ2) is 6.20. The summed E-state index contributed by atoms with van der Waals surface area (Å²) in [6.07, 6.45) is 3.77. The first-order valence-corrected chi connectivity index (χ1v) is 5.65. The highest BCUT2D eigenvalue weighted by Gasteiger charge is 2.25. The summed E-state index contributed by atoms with van der Waals surface area (Å²) < 4.78 is 1.14. The highest BCUT2D eigenvalue weighted by Crippen LogP contribution is 2.18. The van der Waals surface area contributed by atoms with Crippen LogP contribution in [-0.4, -0.2) is 24.1 Å². The number of allylic oxidation sites excluding steroid dienone is 1. The lowest BCUT2D eigenvalue weighted by atomic mass is 10.2. The molecule has 0 unspecified atom stereocenters. The van der Waals surface area contributed by atoms with E-state index in [1.54, 1.807) is 0 Å². The van der Waals surface area contributed by atoms with E-state index < -0.39 is 0 Å². The monoisotopic (exact) mass is 184 g/mol. The topological polar surface area (TPSA) is 0 Å². The van der Waals surface area contributed by atoms with Crippen LogP contribution in [-0.2, 0) is 0 Å². The number of hydrogen-bond acceptors (Lipinski definition) is 0. The van der Waals surface area contributed by atoms with Crippen LogP contribution in [0.3, 0.4) is 0 Å². The lowest BCUT2D eigenvalue weighted by Crippen LogP contribution is -2.47. The van der Waals surface area contributed by atoms with Crippen LogP contribution in [0.15, 0.2) is 12.3 Å². The van der Waals surface area contributed by atoms with Gasteiger partial charge in [0, 0.05) is 6.92 Å². The molecular weight excluding hydrogens is 158 g/mol. The number of quaternary nitrogens is 1. The molecule has 0 aromatic rings. The average molecular weight is 184 g/mol. The van der Waals surface area contributed by atoms with Crippen molar-refractivity contribution in [3.05, 3.63) is 12.3 Å². The van der Waals surface area contributed by atoms with E-state index in [0.29, 0.717) is 0 Å². The Balaban J connectivity index is 4.48. The van der Waals surface area contributed by atoms with Gasteiger partial charge in [-0.2, -0.15) is 0 Å². The quantitative estimate of drug-likeness (QED) is 0.531. The Morgan fingerprint density at radius 1 is 0.923 bits per heavy atom. The van der Waals surface area contributed by atoms with Crippen molar-refractivity contribution in [3.8, 4) is 0 Å². The standard InChI is InChI=1S/C12H26N/c1-6-9-13(10-7-2,11-8-3)12(4)5/h4,6-11H2,1-3,5H3/q+1. The Hall–Kier alpha value is -0.300. The van der Waals surface area contributed by atoms with Gasteiger partial charge >= 0.3 is 0 Å². The fraction of sp³-hybridized carbons (Fsp3) is 0.833. The van der Waals surface area contributed by atoms with Gasteiger partial charge in [0.15, 0.2) is 0 Å². The Morgan fingerprint density at radius 3 is 1.38 bits per heavy atom. The predicted octanol–water partition coefficient (Wildman–Crippen LogP) is 3.57. The minimum absolute atomic E-state index is 1.14. The van der Waals surface area contributed by atoms with Crippen LogP contribution in [0.2, 0.25) is 0 Å². The molecule has 0 saturated carbocycles. The molecule has 0 aliphatic heterocycles. The van der Waals surface area contributed by atoms with E-state index in [4.69, 9.17) is 0 Å². The van der Waals surface area contributed by atoms with Gasteiger partial charge in [-0.1, -0.05) is 20.8 Å². The van der Waals surface area contributed by atoms with Gasteiger partial charge in [-0.3, -0.25) is 4.48 Å². The van der Waals surface area contributed by atoms with Crippen LogP contribution < -0.4 is 0 Å². The van der Waals surface area contributed by atoms with Crippen LogP contribution in [0.4, 0.5) is 0 Å². The summed E-state index contributed by atoms with van der Waals surface area (Å²) in [6, 6.07) is 0. The van der Waals surface area contributed by atoms with E-state index in [1.807, 2.05) is 0 Å². The summed E-state index contributed by atoms with van der Waals surface area (Å²) in [5.41, 5.74) is 1.34. The first-order valence-electron chi connectivity index (χ1n) is 5.65. The van der Waals surface area contributed by atoms with Gasteiger partial charge in [-0.25, -0.2) is 0 Å². The van der Waals surface area contributed by atoms with Crippen molar-refractivity contribution in [2.75, 3.05) is 19.6 Å². The second-order valence-electron chi connectivity index (χ2n) is 4.05. The first-order chi connectivity index (χ1) is 6.13. The van der Waals surface area contributed by atoms with Crippen LogP contribution in [0.25, 0.3) is 0 Å². The fourth-order valence-electron chi connectivity index (χ4n) is 2.19. The molecular formula is C12H26N+. The SMILES string of the molecule is C=C(C)[N+](CCC)(CCC)CCC. The summed E-state index contributed by atoms with van der Waals surface area (Å²) in [5.74, 6) is 0. The molecule has 0 aromatic heterocycles. The lowest BCUT2D eigenvalue weighted by molar-refractivity contribution is -0.892. The third-order valence-electron chi connectivity index (χ3n) is 2.76. The van der Waals surface area contributed by atoms with Crippen molar-refractivity contribution >= 4 is 0 Å². The molecule has 0 radical (unpaired) electrons. The molecule has 0 fully saturated rings. The third-order valence-corrected chi connectivity index (χ3v) is 2.76. The molecule has 0 amide bonds. The van der Waals surface area contributed by atoms with E-state index >= 15 is 0 Å².